The molecule has 0 amide bonds. The number of nitrogens with one attached hydrogen (secondary N) is 1. The van der Waals surface area contributed by atoms with Gasteiger partial charge in [-0.05, 0) is 29.7 Å². The van der Waals surface area contributed by atoms with Gasteiger partial charge in [-0.15, -0.1) is 15.3 Å². The molecule has 0 aliphatic heterocycles. The highest BCUT2D eigenvalue weighted by Crippen LogP contribution is 2.28. The summed E-state index contributed by atoms with van der Waals surface area (Å²) >= 11 is 0. The molecule has 0 aliphatic carbocycles. The van der Waals surface area contributed by atoms with Crippen molar-refractivity contribution in [1.82, 2.24) is 40.4 Å². The Bertz CT molecular complexity index is 1130. The SMILES string of the molecule is CCCn1nc(C(C)(F)F)nc1CCc1ccc(-c2ccccc2-c2nn[nH]n2)nc1. The molecule has 4 rings (SSSR count). The Hall–Kier alpha value is -3.56. The molecule has 0 aliphatic rings. The van der Waals surface area contributed by atoms with Crippen molar-refractivity contribution < 1.29 is 8.78 Å². The minimum atomic E-state index is -3.05. The van der Waals surface area contributed by atoms with Gasteiger partial charge in [0.05, 0.1) is 5.69 Å². The van der Waals surface area contributed by atoms with Crippen molar-refractivity contribution in [2.24, 2.45) is 0 Å². The van der Waals surface area contributed by atoms with E-state index in [2.05, 4.69) is 35.7 Å². The topological polar surface area (TPSA) is 98.1 Å². The Balaban J connectivity index is 1.52. The molecule has 0 fully saturated rings. The average molecular weight is 424 g/mol. The first-order valence-corrected chi connectivity index (χ1v) is 10.1. The molecular weight excluding hydrogens is 402 g/mol. The molecule has 0 bridgehead atoms. The monoisotopic (exact) mass is 424 g/mol. The van der Waals surface area contributed by atoms with E-state index in [0.717, 1.165) is 35.7 Å². The molecule has 0 saturated heterocycles. The highest BCUT2D eigenvalue weighted by atomic mass is 19.3. The third kappa shape index (κ3) is 4.62. The van der Waals surface area contributed by atoms with Crippen LogP contribution < -0.4 is 0 Å². The summed E-state index contributed by atoms with van der Waals surface area (Å²) in [6.07, 6.45) is 3.71. The van der Waals surface area contributed by atoms with E-state index in [9.17, 15) is 8.78 Å². The summed E-state index contributed by atoms with van der Waals surface area (Å²) in [4.78, 5) is 8.67. The lowest BCUT2D eigenvalue weighted by Gasteiger charge is -2.07. The van der Waals surface area contributed by atoms with Crippen LogP contribution in [0.4, 0.5) is 8.78 Å². The third-order valence-electron chi connectivity index (χ3n) is 4.83. The number of aromatic amines is 1. The number of halogens is 2. The molecule has 1 aromatic carbocycles. The smallest absolute Gasteiger partial charge is 0.256 e. The molecule has 10 heteroatoms. The number of rotatable bonds is 8. The van der Waals surface area contributed by atoms with E-state index in [1.807, 2.05) is 43.3 Å². The second-order valence-electron chi connectivity index (χ2n) is 7.30. The van der Waals surface area contributed by atoms with Crippen molar-refractivity contribution in [2.75, 3.05) is 0 Å². The molecule has 0 atom stereocenters. The summed E-state index contributed by atoms with van der Waals surface area (Å²) in [5.74, 6) is -2.42. The largest absolute Gasteiger partial charge is 0.305 e. The fourth-order valence-corrected chi connectivity index (χ4v) is 3.30. The minimum absolute atomic E-state index is 0.428. The van der Waals surface area contributed by atoms with Gasteiger partial charge in [0, 0.05) is 37.2 Å². The lowest BCUT2D eigenvalue weighted by molar-refractivity contribution is 0.00751. The van der Waals surface area contributed by atoms with Gasteiger partial charge in [0.15, 0.2) is 0 Å². The van der Waals surface area contributed by atoms with Gasteiger partial charge in [-0.25, -0.2) is 9.67 Å². The number of nitrogens with zero attached hydrogens (tertiary/aromatic N) is 7. The Morgan fingerprint density at radius 3 is 2.52 bits per heavy atom. The zero-order valence-electron chi connectivity index (χ0n) is 17.3. The molecule has 3 heterocycles. The summed E-state index contributed by atoms with van der Waals surface area (Å²) in [5.41, 5.74) is 3.49. The normalized spacial score (nSPS) is 11.7. The van der Waals surface area contributed by atoms with Gasteiger partial charge in [-0.2, -0.15) is 14.0 Å². The number of H-pyrrole nitrogens is 1. The minimum Gasteiger partial charge on any atom is -0.256 e. The van der Waals surface area contributed by atoms with E-state index in [-0.39, 0.29) is 0 Å². The maximum Gasteiger partial charge on any atom is 0.305 e. The standard InChI is InChI=1S/C21H22F2N8/c1-3-12-31-18(25-20(28-31)21(2,22)23)11-9-14-8-10-17(24-13-14)15-6-4-5-7-16(15)19-26-29-30-27-19/h4-8,10,13H,3,9,11-12H2,1-2H3,(H,26,27,29,30). The predicted octanol–water partition coefficient (Wildman–Crippen LogP) is 3.83. The van der Waals surface area contributed by atoms with Crippen LogP contribution in [-0.4, -0.2) is 40.4 Å². The van der Waals surface area contributed by atoms with Crippen LogP contribution in [0.2, 0.25) is 0 Å². The Kier molecular flexibility index (Phi) is 5.79. The number of aromatic nitrogens is 8. The molecule has 160 valence electrons. The van der Waals surface area contributed by atoms with Crippen LogP contribution >= 0.6 is 0 Å². The summed E-state index contributed by atoms with van der Waals surface area (Å²) in [7, 11) is 0. The van der Waals surface area contributed by atoms with Gasteiger partial charge in [-0.1, -0.05) is 37.3 Å². The van der Waals surface area contributed by atoms with E-state index in [0.29, 0.717) is 31.0 Å². The molecule has 1 N–H and O–H groups in total. The zero-order valence-corrected chi connectivity index (χ0v) is 17.3. The van der Waals surface area contributed by atoms with Crippen molar-refractivity contribution >= 4 is 0 Å². The number of hydrogen-bond donors (Lipinski definition) is 1. The van der Waals surface area contributed by atoms with Crippen LogP contribution in [0.1, 0.15) is 37.5 Å². The maximum absolute atomic E-state index is 13.6. The van der Waals surface area contributed by atoms with Gasteiger partial charge < -0.3 is 0 Å². The number of alkyl halides is 2. The molecular formula is C21H22F2N8. The number of tetrazole rings is 1. The van der Waals surface area contributed by atoms with Crippen molar-refractivity contribution in [3.8, 4) is 22.6 Å². The van der Waals surface area contributed by atoms with E-state index in [1.165, 1.54) is 0 Å². The van der Waals surface area contributed by atoms with E-state index in [1.54, 1.807) is 10.9 Å². The Morgan fingerprint density at radius 1 is 1.06 bits per heavy atom. The second kappa shape index (κ2) is 8.66. The fourth-order valence-electron chi connectivity index (χ4n) is 3.30. The molecule has 3 aromatic heterocycles. The van der Waals surface area contributed by atoms with Crippen LogP contribution in [0.3, 0.4) is 0 Å². The fraction of sp³-hybridized carbons (Fsp3) is 0.333. The molecule has 0 unspecified atom stereocenters. The predicted molar refractivity (Wildman–Crippen MR) is 110 cm³/mol. The van der Waals surface area contributed by atoms with E-state index in [4.69, 9.17) is 0 Å². The van der Waals surface area contributed by atoms with Crippen molar-refractivity contribution in [3.05, 3.63) is 59.8 Å². The first-order chi connectivity index (χ1) is 15.0. The average Bonchev–Trinajstić information content (AvgIpc) is 3.43. The molecule has 0 spiro atoms. The molecule has 0 saturated carbocycles. The first-order valence-electron chi connectivity index (χ1n) is 10.1. The van der Waals surface area contributed by atoms with Gasteiger partial charge >= 0.3 is 5.92 Å². The molecule has 4 aromatic rings. The Labute approximate surface area is 177 Å². The quantitative estimate of drug-likeness (QED) is 0.462. The summed E-state index contributed by atoms with van der Waals surface area (Å²) < 4.78 is 28.8. The molecule has 0 radical (unpaired) electrons. The lowest BCUT2D eigenvalue weighted by Crippen LogP contribution is -2.10. The lowest BCUT2D eigenvalue weighted by atomic mass is 10.0. The summed E-state index contributed by atoms with van der Waals surface area (Å²) in [5, 5.41) is 18.2. The number of hydrogen-bond acceptors (Lipinski definition) is 6. The highest BCUT2D eigenvalue weighted by molar-refractivity contribution is 5.78. The molecule has 8 nitrogen and oxygen atoms in total. The second-order valence-corrected chi connectivity index (χ2v) is 7.30. The van der Waals surface area contributed by atoms with Crippen molar-refractivity contribution in [2.45, 2.75) is 45.6 Å². The van der Waals surface area contributed by atoms with Gasteiger partial charge in [0.25, 0.3) is 0 Å². The van der Waals surface area contributed by atoms with Crippen LogP contribution in [-0.2, 0) is 25.3 Å². The van der Waals surface area contributed by atoms with Gasteiger partial charge in [0.2, 0.25) is 11.6 Å². The van der Waals surface area contributed by atoms with Crippen LogP contribution in [0, 0.1) is 0 Å². The number of pyridine rings is 1. The van der Waals surface area contributed by atoms with Crippen molar-refractivity contribution in [3.63, 3.8) is 0 Å². The van der Waals surface area contributed by atoms with E-state index < -0.39 is 11.7 Å². The molecule has 31 heavy (non-hydrogen) atoms. The van der Waals surface area contributed by atoms with Crippen LogP contribution in [0.15, 0.2) is 42.6 Å². The maximum atomic E-state index is 13.6. The van der Waals surface area contributed by atoms with Crippen LogP contribution in [0.25, 0.3) is 22.6 Å². The van der Waals surface area contributed by atoms with Gasteiger partial charge in [0.1, 0.15) is 5.82 Å². The number of aryl methyl sites for hydroxylation is 3. The van der Waals surface area contributed by atoms with E-state index >= 15 is 0 Å². The first kappa shape index (κ1) is 20.7. The summed E-state index contributed by atoms with van der Waals surface area (Å²) in [6, 6.07) is 11.6. The number of benzene rings is 1. The zero-order chi connectivity index (χ0) is 21.8. The Morgan fingerprint density at radius 2 is 1.87 bits per heavy atom. The highest BCUT2D eigenvalue weighted by Gasteiger charge is 2.31. The summed E-state index contributed by atoms with van der Waals surface area (Å²) in [6.45, 7) is 3.35. The van der Waals surface area contributed by atoms with Crippen molar-refractivity contribution in [1.29, 1.82) is 0 Å². The van der Waals surface area contributed by atoms with Gasteiger partial charge in [-0.3, -0.25) is 4.98 Å². The van der Waals surface area contributed by atoms with Crippen LogP contribution in [0.5, 0.6) is 0 Å². The third-order valence-corrected chi connectivity index (χ3v) is 4.83.